The molecule has 0 radical (unpaired) electrons. The molecule has 2 N–H and O–H groups in total. The summed E-state index contributed by atoms with van der Waals surface area (Å²) in [6.45, 7) is 1.63. The van der Waals surface area contributed by atoms with E-state index < -0.39 is 17.8 Å². The number of benzene rings is 1. The molecule has 9 nitrogen and oxygen atoms in total. The number of H-pyrrole nitrogens is 1. The third-order valence-corrected chi connectivity index (χ3v) is 3.39. The van der Waals surface area contributed by atoms with E-state index in [-0.39, 0.29) is 18.0 Å². The Balaban J connectivity index is 2.59. The third kappa shape index (κ3) is 3.49. The number of carbonyl (C=O) groups is 3. The number of anilines is 1. The number of rotatable bonds is 5. The fraction of sp³-hybridized carbons (Fsp3) is 0.312. The molecule has 0 spiro atoms. The summed E-state index contributed by atoms with van der Waals surface area (Å²) in [5, 5.41) is 2.82. The first-order valence-electron chi connectivity index (χ1n) is 7.30. The summed E-state index contributed by atoms with van der Waals surface area (Å²) >= 11 is 0. The van der Waals surface area contributed by atoms with Crippen LogP contribution in [-0.2, 0) is 19.1 Å². The van der Waals surface area contributed by atoms with Gasteiger partial charge in [-0.3, -0.25) is 4.79 Å². The van der Waals surface area contributed by atoms with Crippen LogP contribution in [0.15, 0.2) is 12.1 Å². The van der Waals surface area contributed by atoms with Crippen LogP contribution in [0, 0.1) is 0 Å². The van der Waals surface area contributed by atoms with Crippen molar-refractivity contribution in [3.63, 3.8) is 0 Å². The van der Waals surface area contributed by atoms with Crippen molar-refractivity contribution in [3.05, 3.63) is 17.8 Å². The first-order valence-corrected chi connectivity index (χ1v) is 7.30. The SMILES string of the molecule is CCOC(=O)C(=O)Nc1c(C(=O)OC)[nH]c2cc(OC)c(OC)cc12. The van der Waals surface area contributed by atoms with Gasteiger partial charge in [0, 0.05) is 11.5 Å². The molecule has 1 heterocycles. The van der Waals surface area contributed by atoms with Crippen LogP contribution in [0.5, 0.6) is 11.5 Å². The second kappa shape index (κ2) is 7.56. The van der Waals surface area contributed by atoms with Crippen molar-refractivity contribution in [2.45, 2.75) is 6.92 Å². The number of hydrogen-bond donors (Lipinski definition) is 2. The number of ether oxygens (including phenoxy) is 4. The van der Waals surface area contributed by atoms with Crippen molar-refractivity contribution >= 4 is 34.4 Å². The lowest BCUT2D eigenvalue weighted by molar-refractivity contribution is -0.152. The van der Waals surface area contributed by atoms with E-state index in [0.717, 1.165) is 0 Å². The molecule has 0 bridgehead atoms. The predicted molar refractivity (Wildman–Crippen MR) is 88.0 cm³/mol. The summed E-state index contributed by atoms with van der Waals surface area (Å²) in [5.74, 6) is -1.97. The standard InChI is InChI=1S/C16H18N2O7/c1-5-25-16(21)14(19)18-12-8-6-10(22-2)11(23-3)7-9(8)17-13(12)15(20)24-4/h6-7,17H,5H2,1-4H3,(H,18,19). The predicted octanol–water partition coefficient (Wildman–Crippen LogP) is 1.47. The Morgan fingerprint density at radius 1 is 1.08 bits per heavy atom. The van der Waals surface area contributed by atoms with E-state index in [9.17, 15) is 14.4 Å². The van der Waals surface area contributed by atoms with E-state index >= 15 is 0 Å². The van der Waals surface area contributed by atoms with Gasteiger partial charge < -0.3 is 29.2 Å². The summed E-state index contributed by atoms with van der Waals surface area (Å²) in [6.07, 6.45) is 0. The molecule has 0 saturated carbocycles. The maximum absolute atomic E-state index is 12.0. The molecule has 0 aliphatic rings. The lowest BCUT2D eigenvalue weighted by Gasteiger charge is -2.09. The van der Waals surface area contributed by atoms with E-state index in [2.05, 4.69) is 15.0 Å². The minimum Gasteiger partial charge on any atom is -0.493 e. The monoisotopic (exact) mass is 350 g/mol. The van der Waals surface area contributed by atoms with Gasteiger partial charge >= 0.3 is 17.8 Å². The summed E-state index contributed by atoms with van der Waals surface area (Å²) in [5.41, 5.74) is 0.545. The van der Waals surface area contributed by atoms with E-state index in [0.29, 0.717) is 22.4 Å². The van der Waals surface area contributed by atoms with Gasteiger partial charge in [-0.1, -0.05) is 0 Å². The van der Waals surface area contributed by atoms with Crippen LogP contribution in [0.4, 0.5) is 5.69 Å². The number of fused-ring (bicyclic) bond motifs is 1. The van der Waals surface area contributed by atoms with Gasteiger partial charge in [-0.05, 0) is 13.0 Å². The first-order chi connectivity index (χ1) is 12.0. The highest BCUT2D eigenvalue weighted by Gasteiger charge is 2.25. The van der Waals surface area contributed by atoms with Crippen molar-refractivity contribution < 1.29 is 33.3 Å². The van der Waals surface area contributed by atoms with E-state index in [4.69, 9.17) is 14.2 Å². The Morgan fingerprint density at radius 3 is 2.28 bits per heavy atom. The fourth-order valence-electron chi connectivity index (χ4n) is 2.27. The molecule has 0 saturated heterocycles. The van der Waals surface area contributed by atoms with Crippen molar-refractivity contribution in [2.24, 2.45) is 0 Å². The van der Waals surface area contributed by atoms with Gasteiger partial charge in [0.1, 0.15) is 5.69 Å². The Morgan fingerprint density at radius 2 is 1.72 bits per heavy atom. The minimum absolute atomic E-state index is 0.0227. The number of amides is 1. The average Bonchev–Trinajstić information content (AvgIpc) is 2.97. The minimum atomic E-state index is -1.06. The van der Waals surface area contributed by atoms with Crippen LogP contribution in [-0.4, -0.2) is 50.8 Å². The lowest BCUT2D eigenvalue weighted by Crippen LogP contribution is -2.25. The quantitative estimate of drug-likeness (QED) is 0.619. The molecule has 1 aromatic carbocycles. The second-order valence-electron chi connectivity index (χ2n) is 4.79. The largest absolute Gasteiger partial charge is 0.493 e. The molecule has 1 amide bonds. The van der Waals surface area contributed by atoms with E-state index in [1.54, 1.807) is 19.1 Å². The maximum Gasteiger partial charge on any atom is 0.397 e. The smallest absolute Gasteiger partial charge is 0.397 e. The van der Waals surface area contributed by atoms with Crippen LogP contribution in [0.25, 0.3) is 10.9 Å². The number of carbonyl (C=O) groups excluding carboxylic acids is 3. The Kier molecular flexibility index (Phi) is 5.48. The van der Waals surface area contributed by atoms with E-state index in [1.807, 2.05) is 0 Å². The zero-order valence-electron chi connectivity index (χ0n) is 14.2. The van der Waals surface area contributed by atoms with Gasteiger partial charge in [-0.25, -0.2) is 9.59 Å². The molecule has 25 heavy (non-hydrogen) atoms. The molecule has 2 aromatic rings. The van der Waals surface area contributed by atoms with Crippen molar-refractivity contribution in [3.8, 4) is 11.5 Å². The molecule has 0 fully saturated rings. The van der Waals surface area contributed by atoms with Gasteiger partial charge in [-0.2, -0.15) is 0 Å². The van der Waals surface area contributed by atoms with E-state index in [1.165, 1.54) is 21.3 Å². The van der Waals surface area contributed by atoms with Crippen LogP contribution in [0.2, 0.25) is 0 Å². The number of nitrogens with one attached hydrogen (secondary N) is 2. The highest BCUT2D eigenvalue weighted by Crippen LogP contribution is 2.37. The molecule has 1 aromatic heterocycles. The normalized spacial score (nSPS) is 10.2. The van der Waals surface area contributed by atoms with Crippen molar-refractivity contribution in [1.82, 2.24) is 4.98 Å². The molecule has 0 atom stereocenters. The molecule has 0 unspecified atom stereocenters. The van der Waals surface area contributed by atoms with Crippen LogP contribution in [0.3, 0.4) is 0 Å². The number of esters is 2. The van der Waals surface area contributed by atoms with Gasteiger partial charge in [0.2, 0.25) is 0 Å². The summed E-state index contributed by atoms with van der Waals surface area (Å²) in [7, 11) is 4.12. The van der Waals surface area contributed by atoms with Crippen molar-refractivity contribution in [1.29, 1.82) is 0 Å². The number of aromatic nitrogens is 1. The molecule has 0 aliphatic heterocycles. The average molecular weight is 350 g/mol. The second-order valence-corrected chi connectivity index (χ2v) is 4.79. The molecule has 0 aliphatic carbocycles. The maximum atomic E-state index is 12.0. The lowest BCUT2D eigenvalue weighted by atomic mass is 10.2. The van der Waals surface area contributed by atoms with Gasteiger partial charge in [0.25, 0.3) is 0 Å². The zero-order valence-corrected chi connectivity index (χ0v) is 14.2. The van der Waals surface area contributed by atoms with Crippen LogP contribution in [0.1, 0.15) is 17.4 Å². The third-order valence-electron chi connectivity index (χ3n) is 3.39. The summed E-state index contributed by atoms with van der Waals surface area (Å²) in [4.78, 5) is 38.4. The van der Waals surface area contributed by atoms with Gasteiger partial charge in [0.05, 0.1) is 39.1 Å². The molecular formula is C16H18N2O7. The Labute approximate surface area is 143 Å². The fourth-order valence-corrected chi connectivity index (χ4v) is 2.27. The Bertz CT molecular complexity index is 825. The van der Waals surface area contributed by atoms with Gasteiger partial charge in [0.15, 0.2) is 11.5 Å². The number of aromatic amines is 1. The molecular weight excluding hydrogens is 332 g/mol. The van der Waals surface area contributed by atoms with Crippen LogP contribution < -0.4 is 14.8 Å². The number of methoxy groups -OCH3 is 3. The zero-order chi connectivity index (χ0) is 18.6. The topological polar surface area (TPSA) is 116 Å². The van der Waals surface area contributed by atoms with Crippen LogP contribution >= 0.6 is 0 Å². The summed E-state index contributed by atoms with van der Waals surface area (Å²) < 4.78 is 19.8. The van der Waals surface area contributed by atoms with Crippen molar-refractivity contribution in [2.75, 3.05) is 33.3 Å². The Hall–Kier alpha value is -3.23. The molecule has 134 valence electrons. The summed E-state index contributed by atoms with van der Waals surface area (Å²) in [6, 6.07) is 3.17. The molecule has 2 rings (SSSR count). The number of hydrogen-bond acceptors (Lipinski definition) is 7. The first kappa shape index (κ1) is 18.1. The van der Waals surface area contributed by atoms with Gasteiger partial charge in [-0.15, -0.1) is 0 Å². The highest BCUT2D eigenvalue weighted by atomic mass is 16.5. The molecule has 9 heteroatoms. The highest BCUT2D eigenvalue weighted by molar-refractivity contribution is 6.38.